The Bertz CT molecular complexity index is 1230. The molecule has 11 heteroatoms. The van der Waals surface area contributed by atoms with Crippen LogP contribution < -0.4 is 5.32 Å². The first-order valence-electron chi connectivity index (χ1n) is 30.1. The van der Waals surface area contributed by atoms with Crippen LogP contribution in [0, 0.1) is 0 Å². The lowest BCUT2D eigenvalue weighted by Gasteiger charge is -2.40. The first-order valence-corrected chi connectivity index (χ1v) is 30.1. The van der Waals surface area contributed by atoms with Crippen molar-refractivity contribution in [1.82, 2.24) is 5.32 Å². The SMILES string of the molecule is CCCCCCCC/C=C\CCCCCCCCCCCC(=O)OCCCCCCCCCCCCCCCCCC(=O)NC(COC1OC(CO)C(O)C(O)C1O)C(O)/C=C/CCCCCCCCC. The quantitative estimate of drug-likeness (QED) is 0.0195. The van der Waals surface area contributed by atoms with Gasteiger partial charge in [0.05, 0.1) is 32.0 Å². The van der Waals surface area contributed by atoms with E-state index in [1.54, 1.807) is 6.08 Å². The van der Waals surface area contributed by atoms with Crippen molar-refractivity contribution < 1.29 is 49.3 Å². The summed E-state index contributed by atoms with van der Waals surface area (Å²) in [6, 6.07) is -0.815. The average molecular weight is 1010 g/mol. The van der Waals surface area contributed by atoms with Crippen molar-refractivity contribution >= 4 is 11.9 Å². The second kappa shape index (κ2) is 50.3. The molecule has 0 bridgehead atoms. The molecule has 0 aromatic heterocycles. The molecule has 0 spiro atoms. The molecule has 11 nitrogen and oxygen atoms in total. The van der Waals surface area contributed by atoms with Gasteiger partial charge in [-0.05, 0) is 57.8 Å². The fraction of sp³-hybridized carbons (Fsp3) is 0.900. The predicted octanol–water partition coefficient (Wildman–Crippen LogP) is 13.7. The smallest absolute Gasteiger partial charge is 0.305 e. The normalized spacial score (nSPS) is 19.2. The molecule has 1 fully saturated rings. The first kappa shape index (κ1) is 67.2. The highest BCUT2D eigenvalue weighted by Crippen LogP contribution is 2.23. The van der Waals surface area contributed by atoms with Crippen LogP contribution in [-0.2, 0) is 23.8 Å². The number of aliphatic hydroxyl groups is 5. The Labute approximate surface area is 435 Å². The maximum Gasteiger partial charge on any atom is 0.305 e. The lowest BCUT2D eigenvalue weighted by atomic mass is 9.99. The number of nitrogens with one attached hydrogen (secondary N) is 1. The van der Waals surface area contributed by atoms with Gasteiger partial charge in [0.2, 0.25) is 5.91 Å². The van der Waals surface area contributed by atoms with E-state index >= 15 is 0 Å². The van der Waals surface area contributed by atoms with E-state index in [1.165, 1.54) is 186 Å². The average Bonchev–Trinajstić information content (AvgIpc) is 3.37. The number of aliphatic hydroxyl groups excluding tert-OH is 5. The Kier molecular flexibility index (Phi) is 47.6. The summed E-state index contributed by atoms with van der Waals surface area (Å²) in [5, 5.41) is 54.2. The van der Waals surface area contributed by atoms with E-state index in [2.05, 4.69) is 31.3 Å². The zero-order valence-electron chi connectivity index (χ0n) is 45.9. The Morgan fingerprint density at radius 2 is 0.901 bits per heavy atom. The van der Waals surface area contributed by atoms with Gasteiger partial charge in [-0.2, -0.15) is 0 Å². The highest BCUT2D eigenvalue weighted by Gasteiger charge is 2.44. The summed E-state index contributed by atoms with van der Waals surface area (Å²) in [7, 11) is 0. The number of hydrogen-bond donors (Lipinski definition) is 6. The summed E-state index contributed by atoms with van der Waals surface area (Å²) >= 11 is 0. The van der Waals surface area contributed by atoms with Crippen LogP contribution in [0.5, 0.6) is 0 Å². The molecule has 1 heterocycles. The van der Waals surface area contributed by atoms with Crippen molar-refractivity contribution in [3.63, 3.8) is 0 Å². The lowest BCUT2D eigenvalue weighted by Crippen LogP contribution is -2.60. The van der Waals surface area contributed by atoms with Crippen LogP contribution in [0.1, 0.15) is 284 Å². The van der Waals surface area contributed by atoms with Gasteiger partial charge in [-0.1, -0.05) is 237 Å². The zero-order valence-corrected chi connectivity index (χ0v) is 45.9. The Hall–Kier alpha value is -1.86. The van der Waals surface area contributed by atoms with Crippen LogP contribution in [0.25, 0.3) is 0 Å². The standard InChI is InChI=1S/C60H113NO10/c1-3-5-7-9-11-13-14-15-16-17-18-19-22-25-28-32-36-40-44-48-56(65)69-49-45-41-37-33-29-26-23-20-21-24-27-31-35-39-43-47-55(64)61-52(53(63)46-42-38-34-30-12-10-8-6-4-2)51-70-60-59(68)58(67)57(66)54(50-62)71-60/h15-16,42,46,52-54,57-60,62-63,66-68H,3-14,17-41,43-45,47-51H2,1-2H3,(H,61,64)/b16-15-,46-42+. The number of unbranched alkanes of at least 4 members (excludes halogenated alkanes) is 36. The molecule has 0 radical (unpaired) electrons. The molecule has 0 aromatic carbocycles. The van der Waals surface area contributed by atoms with E-state index in [-0.39, 0.29) is 18.5 Å². The molecule has 0 aliphatic carbocycles. The minimum Gasteiger partial charge on any atom is -0.466 e. The second-order valence-electron chi connectivity index (χ2n) is 21.1. The van der Waals surface area contributed by atoms with Gasteiger partial charge in [0.15, 0.2) is 6.29 Å². The third-order valence-electron chi connectivity index (χ3n) is 14.3. The molecule has 71 heavy (non-hydrogen) atoms. The number of carbonyl (C=O) groups excluding carboxylic acids is 2. The van der Waals surface area contributed by atoms with Crippen LogP contribution in [0.4, 0.5) is 0 Å². The van der Waals surface area contributed by atoms with Gasteiger partial charge in [-0.3, -0.25) is 9.59 Å². The number of carbonyl (C=O) groups is 2. The minimum atomic E-state index is -1.57. The molecule has 7 atom stereocenters. The van der Waals surface area contributed by atoms with Gasteiger partial charge in [-0.25, -0.2) is 0 Å². The Balaban J connectivity index is 2.01. The molecule has 0 aromatic rings. The molecular weight excluding hydrogens is 895 g/mol. The number of hydrogen-bond acceptors (Lipinski definition) is 10. The van der Waals surface area contributed by atoms with Crippen LogP contribution in [0.2, 0.25) is 0 Å². The highest BCUT2D eigenvalue weighted by molar-refractivity contribution is 5.76. The van der Waals surface area contributed by atoms with Gasteiger partial charge in [0.1, 0.15) is 24.4 Å². The van der Waals surface area contributed by atoms with Gasteiger partial charge in [0, 0.05) is 12.8 Å². The lowest BCUT2D eigenvalue weighted by molar-refractivity contribution is -0.302. The first-order chi connectivity index (χ1) is 34.7. The number of esters is 1. The number of allylic oxidation sites excluding steroid dienone is 3. The summed E-state index contributed by atoms with van der Waals surface area (Å²) < 4.78 is 16.7. The monoisotopic (exact) mass is 1010 g/mol. The van der Waals surface area contributed by atoms with E-state index in [1.807, 2.05) is 6.08 Å². The fourth-order valence-electron chi connectivity index (χ4n) is 9.49. The number of amides is 1. The van der Waals surface area contributed by atoms with E-state index in [0.29, 0.717) is 19.4 Å². The van der Waals surface area contributed by atoms with Crippen molar-refractivity contribution in [1.29, 1.82) is 0 Å². The third kappa shape index (κ3) is 40.2. The predicted molar refractivity (Wildman–Crippen MR) is 292 cm³/mol. The molecule has 0 saturated carbocycles. The molecule has 418 valence electrons. The van der Waals surface area contributed by atoms with Gasteiger partial charge >= 0.3 is 5.97 Å². The molecule has 1 rings (SSSR count). The maximum atomic E-state index is 13.0. The van der Waals surface area contributed by atoms with Crippen molar-refractivity contribution in [2.75, 3.05) is 19.8 Å². The molecule has 1 saturated heterocycles. The van der Waals surface area contributed by atoms with Gasteiger partial charge in [0.25, 0.3) is 0 Å². The van der Waals surface area contributed by atoms with Gasteiger partial charge in [-0.15, -0.1) is 0 Å². The van der Waals surface area contributed by atoms with Crippen LogP contribution in [0.15, 0.2) is 24.3 Å². The zero-order chi connectivity index (χ0) is 51.7. The van der Waals surface area contributed by atoms with Crippen LogP contribution in [-0.4, -0.2) is 100 Å². The molecule has 6 N–H and O–H groups in total. The summed E-state index contributed by atoms with van der Waals surface area (Å²) in [5.74, 6) is -0.211. The molecule has 1 amide bonds. The topological polar surface area (TPSA) is 175 Å². The van der Waals surface area contributed by atoms with E-state index in [4.69, 9.17) is 14.2 Å². The van der Waals surface area contributed by atoms with Gasteiger partial charge < -0.3 is 45.1 Å². The molecular formula is C60H113NO10. The summed E-state index contributed by atoms with van der Waals surface area (Å²) in [6.45, 7) is 4.29. The molecule has 7 unspecified atom stereocenters. The van der Waals surface area contributed by atoms with Crippen molar-refractivity contribution in [2.45, 2.75) is 326 Å². The van der Waals surface area contributed by atoms with E-state index in [0.717, 1.165) is 70.6 Å². The summed E-state index contributed by atoms with van der Waals surface area (Å²) in [4.78, 5) is 25.1. The van der Waals surface area contributed by atoms with Crippen molar-refractivity contribution in [3.05, 3.63) is 24.3 Å². The van der Waals surface area contributed by atoms with Crippen LogP contribution in [0.3, 0.4) is 0 Å². The summed E-state index contributed by atoms with van der Waals surface area (Å²) in [6.07, 6.45) is 49.9. The fourth-order valence-corrected chi connectivity index (χ4v) is 9.49. The third-order valence-corrected chi connectivity index (χ3v) is 14.3. The van der Waals surface area contributed by atoms with E-state index < -0.39 is 49.5 Å². The number of ether oxygens (including phenoxy) is 3. The van der Waals surface area contributed by atoms with Crippen molar-refractivity contribution in [2.24, 2.45) is 0 Å². The number of rotatable bonds is 52. The maximum absolute atomic E-state index is 13.0. The van der Waals surface area contributed by atoms with Crippen molar-refractivity contribution in [3.8, 4) is 0 Å². The highest BCUT2D eigenvalue weighted by atomic mass is 16.7. The minimum absolute atomic E-state index is 0.0190. The molecule has 1 aliphatic rings. The van der Waals surface area contributed by atoms with E-state index in [9.17, 15) is 35.1 Å². The van der Waals surface area contributed by atoms with Crippen LogP contribution >= 0.6 is 0 Å². The Morgan fingerprint density at radius 1 is 0.507 bits per heavy atom. The Morgan fingerprint density at radius 3 is 1.35 bits per heavy atom. The summed E-state index contributed by atoms with van der Waals surface area (Å²) in [5.41, 5.74) is 0. The molecule has 1 aliphatic heterocycles. The second-order valence-corrected chi connectivity index (χ2v) is 21.1. The largest absolute Gasteiger partial charge is 0.466 e.